The zero-order chi connectivity index (χ0) is 11.9. The first-order chi connectivity index (χ1) is 7.40. The molecule has 0 amide bonds. The van der Waals surface area contributed by atoms with Crippen LogP contribution in [0.2, 0.25) is 25.7 Å². The summed E-state index contributed by atoms with van der Waals surface area (Å²) in [7, 11) is -0.955. The van der Waals surface area contributed by atoms with Crippen molar-refractivity contribution in [1.29, 1.82) is 0 Å². The van der Waals surface area contributed by atoms with Crippen LogP contribution in [0, 0.1) is 5.92 Å². The van der Waals surface area contributed by atoms with Crippen molar-refractivity contribution in [3.05, 3.63) is 20.6 Å². The van der Waals surface area contributed by atoms with Crippen LogP contribution in [0.4, 0.5) is 0 Å². The van der Waals surface area contributed by atoms with Crippen LogP contribution in [0.25, 0.3) is 0 Å². The van der Waals surface area contributed by atoms with Crippen molar-refractivity contribution in [2.24, 2.45) is 5.92 Å². The quantitative estimate of drug-likeness (QED) is 0.639. The van der Waals surface area contributed by atoms with Gasteiger partial charge >= 0.3 is 113 Å². The molecule has 0 aromatic heterocycles. The van der Waals surface area contributed by atoms with E-state index in [4.69, 9.17) is 0 Å². The monoisotopic (exact) mass is 267 g/mol. The zero-order valence-electron chi connectivity index (χ0n) is 11.1. The molecule has 0 radical (unpaired) electrons. The van der Waals surface area contributed by atoms with Crippen LogP contribution in [0.1, 0.15) is 32.6 Å². The number of rotatable bonds is 2. The molecular weight excluding hydrogens is 244 g/mol. The van der Waals surface area contributed by atoms with Gasteiger partial charge in [0.1, 0.15) is 0 Å². The van der Waals surface area contributed by atoms with E-state index in [-0.39, 0.29) is 0 Å². The summed E-state index contributed by atoms with van der Waals surface area (Å²) in [4.78, 5) is 0. The zero-order valence-corrected chi connectivity index (χ0v) is 13.7. The second-order valence-electron chi connectivity index (χ2n) is 6.57. The molecule has 0 nitrogen and oxygen atoms in total. The maximum atomic E-state index is 2.50. The summed E-state index contributed by atoms with van der Waals surface area (Å²) in [5.74, 6) is 0.780. The Kier molecular flexibility index (Phi) is 3.69. The van der Waals surface area contributed by atoms with Gasteiger partial charge in [-0.3, -0.25) is 0 Å². The Morgan fingerprint density at radius 3 is 2.38 bits per heavy atom. The third kappa shape index (κ3) is 2.47. The third-order valence-corrected chi connectivity index (χ3v) is 6.31. The minimum absolute atomic E-state index is 0.780. The first kappa shape index (κ1) is 12.9. The van der Waals surface area contributed by atoms with Crippen LogP contribution in [0.15, 0.2) is 20.6 Å². The Hall–Kier alpha value is 0.411. The molecule has 0 saturated heterocycles. The fraction of sp³-hybridized carbons (Fsp3) is 0.714. The normalized spacial score (nSPS) is 26.3. The second kappa shape index (κ2) is 4.59. The molecule has 1 unspecified atom stereocenters. The van der Waals surface area contributed by atoms with Gasteiger partial charge in [0.25, 0.3) is 0 Å². The van der Waals surface area contributed by atoms with E-state index in [1.54, 1.807) is 20.6 Å². The first-order valence-corrected chi connectivity index (χ1v) is 11.1. The van der Waals surface area contributed by atoms with E-state index in [9.17, 15) is 0 Å². The maximum absolute atomic E-state index is 2.50. The van der Waals surface area contributed by atoms with Gasteiger partial charge in [0.15, 0.2) is 0 Å². The van der Waals surface area contributed by atoms with Crippen molar-refractivity contribution >= 4 is 8.07 Å². The second-order valence-corrected chi connectivity index (χ2v) is 12.8. The fourth-order valence-electron chi connectivity index (χ4n) is 3.13. The van der Waals surface area contributed by atoms with Gasteiger partial charge in [-0.2, -0.15) is 0 Å². The van der Waals surface area contributed by atoms with E-state index in [1.165, 1.54) is 31.7 Å². The van der Waals surface area contributed by atoms with Crippen molar-refractivity contribution in [3.8, 4) is 0 Å². The van der Waals surface area contributed by atoms with E-state index < -0.39 is 8.07 Å². The molecule has 2 rings (SSSR count). The molecule has 1 atom stereocenters. The standard InChI is InChI=1S/C14H23Si.Ti/c1-11-13(10-15(2,3)4)9-12-7-5-6-8-14(11)12;/h11H,5-8,10H2,1-4H3;. The van der Waals surface area contributed by atoms with Gasteiger partial charge in [0, 0.05) is 0 Å². The fourth-order valence-corrected chi connectivity index (χ4v) is 5.95. The van der Waals surface area contributed by atoms with Crippen molar-refractivity contribution in [2.45, 2.75) is 58.3 Å². The first-order valence-electron chi connectivity index (χ1n) is 6.57. The van der Waals surface area contributed by atoms with Crippen LogP contribution in [0.5, 0.6) is 0 Å². The molecule has 2 aliphatic rings. The molecular formula is C14H23SiTi. The van der Waals surface area contributed by atoms with Gasteiger partial charge in [-0.25, -0.2) is 0 Å². The summed E-state index contributed by atoms with van der Waals surface area (Å²) in [6.45, 7) is 9.94. The van der Waals surface area contributed by atoms with Crippen molar-refractivity contribution in [1.82, 2.24) is 0 Å². The summed E-state index contributed by atoms with van der Waals surface area (Å²) in [5, 5.41) is 0. The van der Waals surface area contributed by atoms with Crippen LogP contribution in [-0.4, -0.2) is 8.07 Å². The predicted octanol–water partition coefficient (Wildman–Crippen LogP) is 4.65. The molecule has 0 spiro atoms. The van der Waals surface area contributed by atoms with Gasteiger partial charge in [0.2, 0.25) is 0 Å². The summed E-state index contributed by atoms with van der Waals surface area (Å²) < 4.78 is 1.68. The van der Waals surface area contributed by atoms with E-state index in [2.05, 4.69) is 47.0 Å². The van der Waals surface area contributed by atoms with Crippen LogP contribution in [-0.2, 0) is 20.4 Å². The van der Waals surface area contributed by atoms with Gasteiger partial charge in [0.05, 0.1) is 0 Å². The molecule has 0 aromatic carbocycles. The summed E-state index contributed by atoms with van der Waals surface area (Å²) in [5.41, 5.74) is 5.36. The van der Waals surface area contributed by atoms with E-state index >= 15 is 0 Å². The predicted molar refractivity (Wildman–Crippen MR) is 69.8 cm³/mol. The Labute approximate surface area is 113 Å². The topological polar surface area (TPSA) is 0 Å². The number of allylic oxidation sites excluding steroid dienone is 4. The van der Waals surface area contributed by atoms with Crippen LogP contribution >= 0.6 is 0 Å². The van der Waals surface area contributed by atoms with Gasteiger partial charge < -0.3 is 0 Å². The minimum atomic E-state index is -0.955. The molecule has 0 aliphatic heterocycles. The van der Waals surface area contributed by atoms with E-state index in [0.29, 0.717) is 0 Å². The Balaban J connectivity index is 2.26. The Bertz CT molecular complexity index is 357. The number of hydrogen-bond acceptors (Lipinski definition) is 0. The van der Waals surface area contributed by atoms with Gasteiger partial charge in [-0.15, -0.1) is 0 Å². The molecule has 0 saturated carbocycles. The molecule has 16 heavy (non-hydrogen) atoms. The molecule has 2 aliphatic carbocycles. The molecule has 0 aromatic rings. The van der Waals surface area contributed by atoms with Gasteiger partial charge in [-0.05, 0) is 0 Å². The average molecular weight is 267 g/mol. The van der Waals surface area contributed by atoms with E-state index in [0.717, 1.165) is 5.92 Å². The number of hydrogen-bond donors (Lipinski definition) is 0. The Morgan fingerprint density at radius 2 is 1.81 bits per heavy atom. The third-order valence-electron chi connectivity index (χ3n) is 3.90. The molecule has 2 heteroatoms. The van der Waals surface area contributed by atoms with Crippen LogP contribution in [0.3, 0.4) is 0 Å². The SMILES string of the molecule is CC1C(C[Si](C)(C)C)=[C]([Ti])C2=C1CCCC2. The molecule has 0 fully saturated rings. The van der Waals surface area contributed by atoms with Gasteiger partial charge in [-0.1, -0.05) is 0 Å². The van der Waals surface area contributed by atoms with Crippen molar-refractivity contribution in [3.63, 3.8) is 0 Å². The molecule has 0 bridgehead atoms. The molecule has 0 heterocycles. The summed E-state index contributed by atoms with van der Waals surface area (Å²) in [6, 6.07) is 1.41. The summed E-state index contributed by atoms with van der Waals surface area (Å²) >= 11 is 2.39. The molecule has 0 N–H and O–H groups in total. The molecule has 87 valence electrons. The van der Waals surface area contributed by atoms with Crippen molar-refractivity contribution in [2.75, 3.05) is 0 Å². The van der Waals surface area contributed by atoms with E-state index in [1.807, 2.05) is 0 Å². The summed E-state index contributed by atoms with van der Waals surface area (Å²) in [6.07, 6.45) is 5.59. The average Bonchev–Trinajstić information content (AvgIpc) is 2.43. The van der Waals surface area contributed by atoms with Crippen LogP contribution < -0.4 is 0 Å². The van der Waals surface area contributed by atoms with Crippen molar-refractivity contribution < 1.29 is 20.4 Å². The Morgan fingerprint density at radius 1 is 1.19 bits per heavy atom.